The molecular formula is C14H17ClFN3. The van der Waals surface area contributed by atoms with E-state index in [0.717, 1.165) is 26.2 Å². The van der Waals surface area contributed by atoms with Gasteiger partial charge in [0.2, 0.25) is 0 Å². The van der Waals surface area contributed by atoms with Crippen LogP contribution in [0.2, 0.25) is 5.02 Å². The van der Waals surface area contributed by atoms with Crippen molar-refractivity contribution < 1.29 is 4.39 Å². The molecule has 3 nitrogen and oxygen atoms in total. The highest BCUT2D eigenvalue weighted by molar-refractivity contribution is 6.31. The molecule has 1 aromatic carbocycles. The topological polar surface area (TPSA) is 39.1 Å². The Labute approximate surface area is 118 Å². The van der Waals surface area contributed by atoms with Gasteiger partial charge in [0, 0.05) is 36.8 Å². The quantitative estimate of drug-likeness (QED) is 0.926. The molecule has 102 valence electrons. The number of benzene rings is 1. The molecule has 0 aliphatic carbocycles. The average molecular weight is 282 g/mol. The summed E-state index contributed by atoms with van der Waals surface area (Å²) in [5.74, 6) is -0.286. The van der Waals surface area contributed by atoms with E-state index < -0.39 is 0 Å². The molecule has 0 bridgehead atoms. The molecule has 1 aliphatic rings. The monoisotopic (exact) mass is 281 g/mol. The van der Waals surface area contributed by atoms with Crippen molar-refractivity contribution in [2.45, 2.75) is 19.4 Å². The number of nitriles is 1. The molecule has 1 N–H and O–H groups in total. The number of rotatable bonds is 3. The van der Waals surface area contributed by atoms with Gasteiger partial charge in [-0.15, -0.1) is 0 Å². The molecule has 1 saturated heterocycles. The van der Waals surface area contributed by atoms with Crippen LogP contribution in [-0.4, -0.2) is 31.1 Å². The maximum Gasteiger partial charge on any atom is 0.132 e. The summed E-state index contributed by atoms with van der Waals surface area (Å²) in [5, 5.41) is 12.7. The van der Waals surface area contributed by atoms with Gasteiger partial charge in [-0.05, 0) is 18.6 Å². The van der Waals surface area contributed by atoms with Gasteiger partial charge in [0.05, 0.1) is 18.5 Å². The molecule has 0 spiro atoms. The summed E-state index contributed by atoms with van der Waals surface area (Å²) in [5.41, 5.74) is 1.03. The van der Waals surface area contributed by atoms with Crippen LogP contribution in [-0.2, 0) is 0 Å². The lowest BCUT2D eigenvalue weighted by molar-refractivity contribution is 0.172. The zero-order chi connectivity index (χ0) is 13.8. The van der Waals surface area contributed by atoms with E-state index in [1.54, 1.807) is 19.1 Å². The lowest BCUT2D eigenvalue weighted by Crippen LogP contribution is -2.45. The fourth-order valence-corrected chi connectivity index (χ4v) is 2.75. The fraction of sp³-hybridized carbons (Fsp3) is 0.500. The summed E-state index contributed by atoms with van der Waals surface area (Å²) in [7, 11) is 0. The van der Waals surface area contributed by atoms with Crippen molar-refractivity contribution >= 4 is 11.6 Å². The number of nitrogens with one attached hydrogen (secondary N) is 1. The van der Waals surface area contributed by atoms with Crippen molar-refractivity contribution in [3.8, 4) is 6.07 Å². The number of nitrogens with zero attached hydrogens (tertiary/aromatic N) is 2. The number of hydrogen-bond acceptors (Lipinski definition) is 3. The number of aryl methyl sites for hydroxylation is 1. The Morgan fingerprint density at radius 3 is 2.79 bits per heavy atom. The third kappa shape index (κ3) is 3.06. The minimum absolute atomic E-state index is 0.250. The Hall–Kier alpha value is -1.15. The summed E-state index contributed by atoms with van der Waals surface area (Å²) < 4.78 is 14.4. The molecule has 1 fully saturated rings. The van der Waals surface area contributed by atoms with Crippen molar-refractivity contribution in [3.63, 3.8) is 0 Å². The third-order valence-corrected chi connectivity index (χ3v) is 3.86. The van der Waals surface area contributed by atoms with E-state index in [0.29, 0.717) is 16.1 Å². The Morgan fingerprint density at radius 2 is 2.16 bits per heavy atom. The van der Waals surface area contributed by atoms with E-state index in [9.17, 15) is 4.39 Å². The van der Waals surface area contributed by atoms with Gasteiger partial charge >= 0.3 is 0 Å². The maximum absolute atomic E-state index is 14.4. The highest BCUT2D eigenvalue weighted by Crippen LogP contribution is 2.33. The van der Waals surface area contributed by atoms with Crippen LogP contribution in [0.3, 0.4) is 0 Å². The predicted octanol–water partition coefficient (Wildman–Crippen LogP) is 2.65. The standard InChI is InChI=1S/C14H17ClFN3/c1-10-2-3-11(15)13(14(10)16)12(4-5-17)19-8-6-18-7-9-19/h2-3,12,18H,4,6-9H2,1H3/t12-/m1/s1. The van der Waals surface area contributed by atoms with Crippen molar-refractivity contribution in [1.29, 1.82) is 5.26 Å². The second-order valence-corrected chi connectivity index (χ2v) is 5.16. The second kappa shape index (κ2) is 6.33. The van der Waals surface area contributed by atoms with Gasteiger partial charge in [-0.25, -0.2) is 4.39 Å². The van der Waals surface area contributed by atoms with Gasteiger partial charge in [-0.2, -0.15) is 5.26 Å². The van der Waals surface area contributed by atoms with E-state index in [1.165, 1.54) is 0 Å². The van der Waals surface area contributed by atoms with E-state index in [2.05, 4.69) is 16.3 Å². The van der Waals surface area contributed by atoms with Crippen molar-refractivity contribution in [2.75, 3.05) is 26.2 Å². The van der Waals surface area contributed by atoms with Crippen LogP contribution in [0.1, 0.15) is 23.6 Å². The predicted molar refractivity (Wildman–Crippen MR) is 73.6 cm³/mol. The zero-order valence-corrected chi connectivity index (χ0v) is 11.7. The largest absolute Gasteiger partial charge is 0.314 e. The molecule has 1 aliphatic heterocycles. The summed E-state index contributed by atoms with van der Waals surface area (Å²) in [6.45, 7) is 5.03. The lowest BCUT2D eigenvalue weighted by atomic mass is 9.99. The summed E-state index contributed by atoms with van der Waals surface area (Å²) in [6, 6.07) is 5.26. The average Bonchev–Trinajstić information content (AvgIpc) is 2.43. The number of piperazine rings is 1. The van der Waals surface area contributed by atoms with Gasteiger partial charge in [-0.3, -0.25) is 4.90 Å². The first-order chi connectivity index (χ1) is 9.15. The molecule has 0 radical (unpaired) electrons. The van der Waals surface area contributed by atoms with Crippen molar-refractivity contribution in [1.82, 2.24) is 10.2 Å². The normalized spacial score (nSPS) is 18.0. The van der Waals surface area contributed by atoms with Crippen LogP contribution in [0.15, 0.2) is 12.1 Å². The summed E-state index contributed by atoms with van der Waals surface area (Å²) in [6.07, 6.45) is 0.250. The van der Waals surface area contributed by atoms with E-state index in [1.807, 2.05) is 0 Å². The lowest BCUT2D eigenvalue weighted by Gasteiger charge is -2.34. The first-order valence-corrected chi connectivity index (χ1v) is 6.79. The minimum Gasteiger partial charge on any atom is -0.314 e. The molecule has 5 heteroatoms. The van der Waals surface area contributed by atoms with Gasteiger partial charge in [0.1, 0.15) is 5.82 Å². The molecule has 1 atom stereocenters. The highest BCUT2D eigenvalue weighted by Gasteiger charge is 2.27. The highest BCUT2D eigenvalue weighted by atomic mass is 35.5. The first kappa shape index (κ1) is 14.3. The van der Waals surface area contributed by atoms with E-state index >= 15 is 0 Å². The fourth-order valence-electron chi connectivity index (χ4n) is 2.48. The van der Waals surface area contributed by atoms with Crippen LogP contribution in [0.4, 0.5) is 4.39 Å². The van der Waals surface area contributed by atoms with Gasteiger partial charge in [0.15, 0.2) is 0 Å². The molecule has 1 aromatic rings. The van der Waals surface area contributed by atoms with Gasteiger partial charge in [-0.1, -0.05) is 17.7 Å². The van der Waals surface area contributed by atoms with Crippen LogP contribution < -0.4 is 5.32 Å². The van der Waals surface area contributed by atoms with Crippen LogP contribution >= 0.6 is 11.6 Å². The van der Waals surface area contributed by atoms with Crippen LogP contribution in [0.5, 0.6) is 0 Å². The molecule has 0 saturated carbocycles. The van der Waals surface area contributed by atoms with Gasteiger partial charge < -0.3 is 5.32 Å². The third-order valence-electron chi connectivity index (χ3n) is 3.53. The number of halogens is 2. The molecule has 1 heterocycles. The molecule has 0 aromatic heterocycles. The summed E-state index contributed by atoms with van der Waals surface area (Å²) >= 11 is 6.16. The molecular weight excluding hydrogens is 265 g/mol. The number of hydrogen-bond donors (Lipinski definition) is 1. The molecule has 19 heavy (non-hydrogen) atoms. The minimum atomic E-state index is -0.286. The Morgan fingerprint density at radius 1 is 1.47 bits per heavy atom. The van der Waals surface area contributed by atoms with Crippen molar-refractivity contribution in [3.05, 3.63) is 34.1 Å². The van der Waals surface area contributed by atoms with Crippen molar-refractivity contribution in [2.24, 2.45) is 0 Å². The van der Waals surface area contributed by atoms with E-state index in [-0.39, 0.29) is 18.3 Å². The Kier molecular flexibility index (Phi) is 4.76. The summed E-state index contributed by atoms with van der Waals surface area (Å²) in [4.78, 5) is 2.13. The molecule has 2 rings (SSSR count). The van der Waals surface area contributed by atoms with Gasteiger partial charge in [0.25, 0.3) is 0 Å². The molecule has 0 unspecified atom stereocenters. The maximum atomic E-state index is 14.4. The van der Waals surface area contributed by atoms with Crippen LogP contribution in [0, 0.1) is 24.1 Å². The Balaban J connectivity index is 2.38. The van der Waals surface area contributed by atoms with E-state index in [4.69, 9.17) is 16.9 Å². The zero-order valence-electron chi connectivity index (χ0n) is 10.9. The smallest absolute Gasteiger partial charge is 0.132 e. The first-order valence-electron chi connectivity index (χ1n) is 6.41. The van der Waals surface area contributed by atoms with Crippen LogP contribution in [0.25, 0.3) is 0 Å². The second-order valence-electron chi connectivity index (χ2n) is 4.76. The Bertz CT molecular complexity index is 492. The SMILES string of the molecule is Cc1ccc(Cl)c([C@@H](CC#N)N2CCNCC2)c1F. The molecule has 0 amide bonds.